The summed E-state index contributed by atoms with van der Waals surface area (Å²) in [6.45, 7) is 4.92. The molecule has 0 aliphatic carbocycles. The summed E-state index contributed by atoms with van der Waals surface area (Å²) < 4.78 is 5.34. The molecule has 0 radical (unpaired) electrons. The third-order valence-corrected chi connectivity index (χ3v) is 3.45. The van der Waals surface area contributed by atoms with Crippen molar-refractivity contribution in [3.63, 3.8) is 0 Å². The van der Waals surface area contributed by atoms with Gasteiger partial charge in [-0.3, -0.25) is 0 Å². The molecule has 0 fully saturated rings. The van der Waals surface area contributed by atoms with Crippen LogP contribution < -0.4 is 10.2 Å². The first-order chi connectivity index (χ1) is 9.13. The maximum absolute atomic E-state index is 5.34. The van der Waals surface area contributed by atoms with Gasteiger partial charge in [0, 0.05) is 37.0 Å². The van der Waals surface area contributed by atoms with Gasteiger partial charge in [0.15, 0.2) is 0 Å². The minimum atomic E-state index is 0.275. The normalized spacial score (nSPS) is 12.4. The topological polar surface area (TPSA) is 41.3 Å². The molecule has 102 valence electrons. The van der Waals surface area contributed by atoms with Crippen molar-refractivity contribution in [2.45, 2.75) is 26.4 Å². The summed E-state index contributed by atoms with van der Waals surface area (Å²) in [4.78, 5) is 6.67. The van der Waals surface area contributed by atoms with E-state index in [1.807, 2.05) is 32.3 Å². The molecule has 2 rings (SSSR count). The Labute approximate surface area is 114 Å². The molecule has 0 amide bonds. The minimum absolute atomic E-state index is 0.275. The van der Waals surface area contributed by atoms with Crippen LogP contribution in [0.4, 0.5) is 5.82 Å². The number of anilines is 1. The Hall–Kier alpha value is -1.81. The van der Waals surface area contributed by atoms with Crippen LogP contribution in [-0.2, 0) is 6.54 Å². The number of hydrogen-bond donors (Lipinski definition) is 1. The van der Waals surface area contributed by atoms with Crippen LogP contribution in [-0.4, -0.2) is 19.1 Å². The fourth-order valence-electron chi connectivity index (χ4n) is 2.13. The smallest absolute Gasteiger partial charge is 0.133 e. The summed E-state index contributed by atoms with van der Waals surface area (Å²) in [5.41, 5.74) is 2.39. The molecule has 2 aromatic heterocycles. The number of rotatable bonds is 5. The molecule has 1 atom stereocenters. The average molecular weight is 259 g/mol. The number of furan rings is 1. The number of nitrogens with zero attached hydrogens (tertiary/aromatic N) is 2. The van der Waals surface area contributed by atoms with E-state index in [0.717, 1.165) is 18.1 Å². The number of nitrogens with one attached hydrogen (secondary N) is 1. The average Bonchev–Trinajstić information content (AvgIpc) is 2.83. The molecule has 0 saturated carbocycles. The number of aromatic nitrogens is 1. The molecule has 0 aliphatic heterocycles. The Morgan fingerprint density at radius 2 is 2.21 bits per heavy atom. The van der Waals surface area contributed by atoms with Crippen LogP contribution in [0.5, 0.6) is 0 Å². The zero-order valence-electron chi connectivity index (χ0n) is 12.0. The zero-order chi connectivity index (χ0) is 13.8. The van der Waals surface area contributed by atoms with E-state index in [9.17, 15) is 0 Å². The molecular weight excluding hydrogens is 238 g/mol. The van der Waals surface area contributed by atoms with E-state index in [1.165, 1.54) is 11.1 Å². The van der Waals surface area contributed by atoms with Crippen molar-refractivity contribution in [3.05, 3.63) is 47.5 Å². The lowest BCUT2D eigenvalue weighted by Crippen LogP contribution is -2.22. The lowest BCUT2D eigenvalue weighted by molar-refractivity contribution is 0.529. The predicted molar refractivity (Wildman–Crippen MR) is 77.3 cm³/mol. The molecule has 2 aromatic rings. The highest BCUT2D eigenvalue weighted by Gasteiger charge is 2.14. The molecule has 1 N–H and O–H groups in total. The quantitative estimate of drug-likeness (QED) is 0.896. The largest absolute Gasteiger partial charge is 0.469 e. The van der Waals surface area contributed by atoms with Crippen molar-refractivity contribution in [3.8, 4) is 0 Å². The van der Waals surface area contributed by atoms with E-state index in [4.69, 9.17) is 4.42 Å². The number of aryl methyl sites for hydroxylation is 1. The molecule has 0 saturated heterocycles. The van der Waals surface area contributed by atoms with Crippen molar-refractivity contribution in [2.24, 2.45) is 0 Å². The van der Waals surface area contributed by atoms with Gasteiger partial charge >= 0.3 is 0 Å². The highest BCUT2D eigenvalue weighted by atomic mass is 16.3. The first-order valence-electron chi connectivity index (χ1n) is 6.49. The lowest BCUT2D eigenvalue weighted by Gasteiger charge is -2.23. The van der Waals surface area contributed by atoms with E-state index < -0.39 is 0 Å². The maximum Gasteiger partial charge on any atom is 0.133 e. The second-order valence-corrected chi connectivity index (χ2v) is 4.78. The molecule has 4 nitrogen and oxygen atoms in total. The standard InChI is InChI=1S/C15H21N3O/c1-11(16-3)14-6-5-8-17-15(14)18(4)10-13-7-9-19-12(13)2/h5-9,11,16H,10H2,1-4H3. The summed E-state index contributed by atoms with van der Waals surface area (Å²) >= 11 is 0. The van der Waals surface area contributed by atoms with Gasteiger partial charge in [0.05, 0.1) is 6.26 Å². The van der Waals surface area contributed by atoms with Gasteiger partial charge in [-0.05, 0) is 33.0 Å². The van der Waals surface area contributed by atoms with Gasteiger partial charge < -0.3 is 14.6 Å². The summed E-state index contributed by atoms with van der Waals surface area (Å²) in [6, 6.07) is 6.37. The zero-order valence-corrected chi connectivity index (χ0v) is 12.0. The van der Waals surface area contributed by atoms with Crippen molar-refractivity contribution < 1.29 is 4.42 Å². The van der Waals surface area contributed by atoms with Crippen molar-refractivity contribution >= 4 is 5.82 Å². The molecule has 0 aromatic carbocycles. The highest BCUT2D eigenvalue weighted by molar-refractivity contribution is 5.48. The SMILES string of the molecule is CNC(C)c1cccnc1N(C)Cc1ccoc1C. The fraction of sp³-hybridized carbons (Fsp3) is 0.400. The Morgan fingerprint density at radius 1 is 1.42 bits per heavy atom. The van der Waals surface area contributed by atoms with Gasteiger partial charge in [-0.1, -0.05) is 6.07 Å². The fourth-order valence-corrected chi connectivity index (χ4v) is 2.13. The van der Waals surface area contributed by atoms with Gasteiger partial charge in [0.1, 0.15) is 11.6 Å². The van der Waals surface area contributed by atoms with E-state index in [1.54, 1.807) is 6.26 Å². The van der Waals surface area contributed by atoms with Crippen LogP contribution in [0.3, 0.4) is 0 Å². The summed E-state index contributed by atoms with van der Waals surface area (Å²) in [7, 11) is 4.02. The Balaban J connectivity index is 2.24. The third-order valence-electron chi connectivity index (χ3n) is 3.45. The monoisotopic (exact) mass is 259 g/mol. The molecule has 0 bridgehead atoms. The summed E-state index contributed by atoms with van der Waals surface area (Å²) in [5, 5.41) is 3.26. The van der Waals surface area contributed by atoms with E-state index in [2.05, 4.69) is 35.2 Å². The summed E-state index contributed by atoms with van der Waals surface area (Å²) in [6.07, 6.45) is 3.56. The molecule has 2 heterocycles. The molecule has 0 spiro atoms. The molecule has 0 aliphatic rings. The van der Waals surface area contributed by atoms with Gasteiger partial charge in [-0.2, -0.15) is 0 Å². The van der Waals surface area contributed by atoms with Gasteiger partial charge in [0.2, 0.25) is 0 Å². The predicted octanol–water partition coefficient (Wildman–Crippen LogP) is 2.90. The van der Waals surface area contributed by atoms with Gasteiger partial charge in [0.25, 0.3) is 0 Å². The van der Waals surface area contributed by atoms with Crippen LogP contribution in [0.25, 0.3) is 0 Å². The third kappa shape index (κ3) is 2.96. The number of pyridine rings is 1. The Bertz CT molecular complexity index is 536. The molecule has 4 heteroatoms. The Kier molecular flexibility index (Phi) is 4.22. The summed E-state index contributed by atoms with van der Waals surface area (Å²) in [5.74, 6) is 1.97. The van der Waals surface area contributed by atoms with E-state index in [-0.39, 0.29) is 6.04 Å². The van der Waals surface area contributed by atoms with Crippen molar-refractivity contribution in [1.29, 1.82) is 0 Å². The van der Waals surface area contributed by atoms with Gasteiger partial charge in [-0.25, -0.2) is 4.98 Å². The second-order valence-electron chi connectivity index (χ2n) is 4.78. The van der Waals surface area contributed by atoms with Crippen LogP contribution in [0, 0.1) is 6.92 Å². The number of hydrogen-bond acceptors (Lipinski definition) is 4. The van der Waals surface area contributed by atoms with Crippen LogP contribution in [0.2, 0.25) is 0 Å². The minimum Gasteiger partial charge on any atom is -0.469 e. The molecule has 19 heavy (non-hydrogen) atoms. The lowest BCUT2D eigenvalue weighted by atomic mass is 10.1. The Morgan fingerprint density at radius 3 is 2.84 bits per heavy atom. The van der Waals surface area contributed by atoms with Crippen LogP contribution in [0.1, 0.15) is 29.9 Å². The first-order valence-corrected chi connectivity index (χ1v) is 6.49. The highest BCUT2D eigenvalue weighted by Crippen LogP contribution is 2.24. The first kappa shape index (κ1) is 13.6. The van der Waals surface area contributed by atoms with Gasteiger partial charge in [-0.15, -0.1) is 0 Å². The van der Waals surface area contributed by atoms with Crippen molar-refractivity contribution in [2.75, 3.05) is 19.0 Å². The van der Waals surface area contributed by atoms with E-state index in [0.29, 0.717) is 0 Å². The van der Waals surface area contributed by atoms with Crippen LogP contribution in [0.15, 0.2) is 35.1 Å². The van der Waals surface area contributed by atoms with Crippen LogP contribution >= 0.6 is 0 Å². The maximum atomic E-state index is 5.34. The molecular formula is C15H21N3O. The van der Waals surface area contributed by atoms with Crippen molar-refractivity contribution in [1.82, 2.24) is 10.3 Å². The van der Waals surface area contributed by atoms with E-state index >= 15 is 0 Å². The second kappa shape index (κ2) is 5.89. The molecule has 1 unspecified atom stereocenters.